The first kappa shape index (κ1) is 20.8. The minimum absolute atomic E-state index is 0.118. The summed E-state index contributed by atoms with van der Waals surface area (Å²) in [6, 6.07) is 24.2. The largest absolute Gasteiger partial charge is 0.465 e. The SMILES string of the molecule is COC(=O)c1ccc(C(=O)N2CCN(C(c3ccccc3)c3ccccc3)CC2)nc1. The monoisotopic (exact) mass is 415 g/mol. The molecule has 0 atom stereocenters. The van der Waals surface area contributed by atoms with Crippen LogP contribution < -0.4 is 0 Å². The third kappa shape index (κ3) is 4.64. The molecule has 1 aliphatic rings. The summed E-state index contributed by atoms with van der Waals surface area (Å²) in [5.41, 5.74) is 3.16. The maximum absolute atomic E-state index is 12.9. The molecule has 1 fully saturated rings. The Morgan fingerprint density at radius 2 is 1.42 bits per heavy atom. The van der Waals surface area contributed by atoms with Crippen LogP contribution in [0.2, 0.25) is 0 Å². The van der Waals surface area contributed by atoms with E-state index in [2.05, 4.69) is 63.2 Å². The molecule has 1 amide bonds. The van der Waals surface area contributed by atoms with Gasteiger partial charge in [-0.1, -0.05) is 60.7 Å². The molecular weight excluding hydrogens is 390 g/mol. The van der Waals surface area contributed by atoms with Crippen LogP contribution in [0.3, 0.4) is 0 Å². The Labute approximate surface area is 182 Å². The fourth-order valence-electron chi connectivity index (χ4n) is 3.99. The molecule has 1 aromatic heterocycles. The molecule has 1 aliphatic heterocycles. The second kappa shape index (κ2) is 9.53. The van der Waals surface area contributed by atoms with Gasteiger partial charge in [-0.15, -0.1) is 0 Å². The fraction of sp³-hybridized carbons (Fsp3) is 0.240. The number of nitrogens with zero attached hydrogens (tertiary/aromatic N) is 3. The molecule has 31 heavy (non-hydrogen) atoms. The van der Waals surface area contributed by atoms with Gasteiger partial charge in [0.05, 0.1) is 18.7 Å². The van der Waals surface area contributed by atoms with Gasteiger partial charge in [0, 0.05) is 32.4 Å². The summed E-state index contributed by atoms with van der Waals surface area (Å²) in [4.78, 5) is 32.9. The molecule has 0 N–H and O–H groups in total. The van der Waals surface area contributed by atoms with Crippen molar-refractivity contribution in [3.05, 3.63) is 101 Å². The van der Waals surface area contributed by atoms with E-state index in [1.54, 1.807) is 12.1 Å². The molecule has 6 heteroatoms. The van der Waals surface area contributed by atoms with Gasteiger partial charge < -0.3 is 9.64 Å². The second-order valence-electron chi connectivity index (χ2n) is 7.48. The zero-order valence-electron chi connectivity index (χ0n) is 17.5. The van der Waals surface area contributed by atoms with Crippen molar-refractivity contribution in [3.63, 3.8) is 0 Å². The van der Waals surface area contributed by atoms with Crippen molar-refractivity contribution in [2.75, 3.05) is 33.3 Å². The summed E-state index contributed by atoms with van der Waals surface area (Å²) in [5.74, 6) is -0.583. The average Bonchev–Trinajstić information content (AvgIpc) is 2.85. The molecular formula is C25H25N3O3. The summed E-state index contributed by atoms with van der Waals surface area (Å²) in [6.07, 6.45) is 1.39. The zero-order chi connectivity index (χ0) is 21.6. The molecule has 2 aromatic carbocycles. The fourth-order valence-corrected chi connectivity index (χ4v) is 3.99. The lowest BCUT2D eigenvalue weighted by Gasteiger charge is -2.39. The summed E-state index contributed by atoms with van der Waals surface area (Å²) in [7, 11) is 1.32. The Bertz CT molecular complexity index is 975. The average molecular weight is 415 g/mol. The van der Waals surface area contributed by atoms with Crippen molar-refractivity contribution in [3.8, 4) is 0 Å². The van der Waals surface area contributed by atoms with Gasteiger partial charge in [-0.3, -0.25) is 14.7 Å². The summed E-state index contributed by atoms with van der Waals surface area (Å²) in [5, 5.41) is 0. The second-order valence-corrected chi connectivity index (χ2v) is 7.48. The summed E-state index contributed by atoms with van der Waals surface area (Å²) < 4.78 is 4.68. The smallest absolute Gasteiger partial charge is 0.339 e. The third-order valence-electron chi connectivity index (χ3n) is 5.60. The highest BCUT2D eigenvalue weighted by Gasteiger charge is 2.29. The standard InChI is InChI=1S/C25H25N3O3/c1-31-25(30)21-12-13-22(26-18-21)24(29)28-16-14-27(15-17-28)23(19-8-4-2-5-9-19)20-10-6-3-7-11-20/h2-13,18,23H,14-17H2,1H3. The highest BCUT2D eigenvalue weighted by atomic mass is 16.5. The first-order valence-corrected chi connectivity index (χ1v) is 10.3. The van der Waals surface area contributed by atoms with Gasteiger partial charge in [0.2, 0.25) is 0 Å². The number of esters is 1. The number of piperazine rings is 1. The number of ether oxygens (including phenoxy) is 1. The third-order valence-corrected chi connectivity index (χ3v) is 5.60. The topological polar surface area (TPSA) is 62.7 Å². The molecule has 0 bridgehead atoms. The molecule has 1 saturated heterocycles. The van der Waals surface area contributed by atoms with Crippen LogP contribution >= 0.6 is 0 Å². The van der Waals surface area contributed by atoms with Crippen LogP contribution in [0.25, 0.3) is 0 Å². The van der Waals surface area contributed by atoms with Crippen LogP contribution in [0.15, 0.2) is 79.0 Å². The van der Waals surface area contributed by atoms with Gasteiger partial charge in [0.15, 0.2) is 0 Å². The Morgan fingerprint density at radius 1 is 0.839 bits per heavy atom. The van der Waals surface area contributed by atoms with Crippen molar-refractivity contribution in [1.29, 1.82) is 0 Å². The number of benzene rings is 2. The maximum Gasteiger partial charge on any atom is 0.339 e. The van der Waals surface area contributed by atoms with E-state index in [1.165, 1.54) is 24.4 Å². The Morgan fingerprint density at radius 3 is 1.90 bits per heavy atom. The number of hydrogen-bond donors (Lipinski definition) is 0. The lowest BCUT2D eigenvalue weighted by Crippen LogP contribution is -2.50. The number of carbonyl (C=O) groups is 2. The molecule has 0 unspecified atom stereocenters. The molecule has 0 saturated carbocycles. The first-order chi connectivity index (χ1) is 15.2. The van der Waals surface area contributed by atoms with Crippen molar-refractivity contribution < 1.29 is 14.3 Å². The van der Waals surface area contributed by atoms with Crippen molar-refractivity contribution >= 4 is 11.9 Å². The number of methoxy groups -OCH3 is 1. The number of hydrogen-bond acceptors (Lipinski definition) is 5. The van der Waals surface area contributed by atoms with E-state index in [0.29, 0.717) is 24.3 Å². The number of rotatable bonds is 5. The quantitative estimate of drug-likeness (QED) is 0.598. The maximum atomic E-state index is 12.9. The highest BCUT2D eigenvalue weighted by molar-refractivity contribution is 5.94. The Balaban J connectivity index is 1.46. The number of pyridine rings is 1. The lowest BCUT2D eigenvalue weighted by atomic mass is 9.96. The normalized spacial score (nSPS) is 14.5. The van der Waals surface area contributed by atoms with Crippen LogP contribution in [-0.2, 0) is 4.74 Å². The molecule has 0 aliphatic carbocycles. The first-order valence-electron chi connectivity index (χ1n) is 10.3. The van der Waals surface area contributed by atoms with Crippen LogP contribution in [0, 0.1) is 0 Å². The number of carbonyl (C=O) groups excluding carboxylic acids is 2. The highest BCUT2D eigenvalue weighted by Crippen LogP contribution is 2.29. The molecule has 4 rings (SSSR count). The van der Waals surface area contributed by atoms with Gasteiger partial charge in [-0.05, 0) is 23.3 Å². The molecule has 158 valence electrons. The predicted octanol–water partition coefficient (Wildman–Crippen LogP) is 3.42. The lowest BCUT2D eigenvalue weighted by molar-refractivity contribution is 0.0582. The Kier molecular flexibility index (Phi) is 6.38. The van der Waals surface area contributed by atoms with Gasteiger partial charge in [-0.25, -0.2) is 4.79 Å². The van der Waals surface area contributed by atoms with Gasteiger partial charge in [0.1, 0.15) is 5.69 Å². The zero-order valence-corrected chi connectivity index (χ0v) is 17.5. The summed E-state index contributed by atoms with van der Waals surface area (Å²) in [6.45, 7) is 2.77. The van der Waals surface area contributed by atoms with E-state index in [-0.39, 0.29) is 11.9 Å². The molecule has 0 spiro atoms. The minimum Gasteiger partial charge on any atom is -0.465 e. The van der Waals surface area contributed by atoms with E-state index in [1.807, 2.05) is 17.0 Å². The van der Waals surface area contributed by atoms with E-state index < -0.39 is 5.97 Å². The molecule has 3 aromatic rings. The van der Waals surface area contributed by atoms with Crippen LogP contribution in [-0.4, -0.2) is 59.9 Å². The van der Waals surface area contributed by atoms with E-state index in [9.17, 15) is 9.59 Å². The van der Waals surface area contributed by atoms with Crippen molar-refractivity contribution in [2.24, 2.45) is 0 Å². The minimum atomic E-state index is -0.465. The van der Waals surface area contributed by atoms with Crippen LogP contribution in [0.1, 0.15) is 38.0 Å². The predicted molar refractivity (Wildman–Crippen MR) is 118 cm³/mol. The van der Waals surface area contributed by atoms with E-state index in [4.69, 9.17) is 0 Å². The van der Waals surface area contributed by atoms with E-state index >= 15 is 0 Å². The number of amides is 1. The number of aromatic nitrogens is 1. The van der Waals surface area contributed by atoms with Crippen molar-refractivity contribution in [1.82, 2.24) is 14.8 Å². The van der Waals surface area contributed by atoms with Crippen molar-refractivity contribution in [2.45, 2.75) is 6.04 Å². The molecule has 6 nitrogen and oxygen atoms in total. The van der Waals surface area contributed by atoms with Gasteiger partial charge in [0.25, 0.3) is 5.91 Å². The molecule has 2 heterocycles. The Hall–Kier alpha value is -3.51. The summed E-state index contributed by atoms with van der Waals surface area (Å²) >= 11 is 0. The molecule has 0 radical (unpaired) electrons. The van der Waals surface area contributed by atoms with Crippen LogP contribution in [0.5, 0.6) is 0 Å². The van der Waals surface area contributed by atoms with Crippen LogP contribution in [0.4, 0.5) is 0 Å². The van der Waals surface area contributed by atoms with E-state index in [0.717, 1.165) is 13.1 Å². The van der Waals surface area contributed by atoms with Gasteiger partial charge in [-0.2, -0.15) is 0 Å². The van der Waals surface area contributed by atoms with Gasteiger partial charge >= 0.3 is 5.97 Å².